The van der Waals surface area contributed by atoms with Gasteiger partial charge in [0.05, 0.1) is 18.7 Å². The van der Waals surface area contributed by atoms with Gasteiger partial charge in [-0.25, -0.2) is 4.39 Å². The first-order valence-electron chi connectivity index (χ1n) is 9.41. The Kier molecular flexibility index (Phi) is 4.20. The van der Waals surface area contributed by atoms with Crippen LogP contribution >= 0.6 is 11.8 Å². The second-order valence-corrected chi connectivity index (χ2v) is 8.48. The maximum Gasteiger partial charge on any atom is 0.225 e. The Labute approximate surface area is 161 Å². The van der Waals surface area contributed by atoms with E-state index in [0.29, 0.717) is 0 Å². The Balaban J connectivity index is 1.36. The summed E-state index contributed by atoms with van der Waals surface area (Å²) in [7, 11) is 0. The molecule has 1 N–H and O–H groups in total. The minimum absolute atomic E-state index is 0.0506. The molecule has 0 bridgehead atoms. The lowest BCUT2D eigenvalue weighted by molar-refractivity contribution is -0.121. The number of hydrogen-bond acceptors (Lipinski definition) is 3. The van der Waals surface area contributed by atoms with E-state index in [1.807, 2.05) is 0 Å². The molecule has 0 radical (unpaired) electrons. The molecule has 2 aromatic carbocycles. The molecule has 3 nitrogen and oxygen atoms in total. The molecule has 1 aromatic heterocycles. The molecule has 0 saturated heterocycles. The van der Waals surface area contributed by atoms with Crippen molar-refractivity contribution in [3.63, 3.8) is 0 Å². The molecule has 5 heteroatoms. The van der Waals surface area contributed by atoms with Crippen LogP contribution in [0.25, 0.3) is 11.0 Å². The number of carbonyl (C=O) groups is 1. The van der Waals surface area contributed by atoms with E-state index in [0.717, 1.165) is 52.0 Å². The third-order valence-corrected chi connectivity index (χ3v) is 6.69. The minimum Gasteiger partial charge on any atom is -0.464 e. The zero-order chi connectivity index (χ0) is 18.4. The van der Waals surface area contributed by atoms with E-state index >= 15 is 0 Å². The second-order valence-electron chi connectivity index (χ2n) is 7.35. The van der Waals surface area contributed by atoms with E-state index < -0.39 is 0 Å². The zero-order valence-corrected chi connectivity index (χ0v) is 15.7. The fraction of sp³-hybridized carbons (Fsp3) is 0.318. The third kappa shape index (κ3) is 3.14. The average Bonchev–Trinajstić information content (AvgIpc) is 3.27. The van der Waals surface area contributed by atoms with Crippen LogP contribution in [0.2, 0.25) is 0 Å². The summed E-state index contributed by atoms with van der Waals surface area (Å²) in [5.41, 5.74) is 5.40. The van der Waals surface area contributed by atoms with Crippen molar-refractivity contribution in [1.82, 2.24) is 5.32 Å². The first-order chi connectivity index (χ1) is 13.2. The molecular formula is C22H20FNO2S. The topological polar surface area (TPSA) is 42.2 Å². The normalized spacial score (nSPS) is 18.3. The second kappa shape index (κ2) is 6.71. The summed E-state index contributed by atoms with van der Waals surface area (Å²) < 4.78 is 19.4. The Morgan fingerprint density at radius 2 is 2.07 bits per heavy atom. The molecule has 0 spiro atoms. The van der Waals surface area contributed by atoms with Crippen molar-refractivity contribution in [2.24, 2.45) is 0 Å². The van der Waals surface area contributed by atoms with Gasteiger partial charge < -0.3 is 9.73 Å². The largest absolute Gasteiger partial charge is 0.464 e. The van der Waals surface area contributed by atoms with Crippen molar-refractivity contribution in [2.75, 3.05) is 5.75 Å². The van der Waals surface area contributed by atoms with E-state index in [1.54, 1.807) is 30.2 Å². The van der Waals surface area contributed by atoms with Gasteiger partial charge in [-0.1, -0.05) is 0 Å². The molecule has 1 aliphatic heterocycles. The van der Waals surface area contributed by atoms with E-state index in [9.17, 15) is 9.18 Å². The number of benzene rings is 2. The van der Waals surface area contributed by atoms with Crippen LogP contribution in [0.4, 0.5) is 4.39 Å². The molecule has 1 atom stereocenters. The molecule has 2 heterocycles. The number of halogens is 1. The van der Waals surface area contributed by atoms with Crippen molar-refractivity contribution in [1.29, 1.82) is 0 Å². The van der Waals surface area contributed by atoms with Gasteiger partial charge in [-0.2, -0.15) is 0 Å². The summed E-state index contributed by atoms with van der Waals surface area (Å²) in [4.78, 5) is 13.8. The van der Waals surface area contributed by atoms with Crippen LogP contribution < -0.4 is 5.32 Å². The summed E-state index contributed by atoms with van der Waals surface area (Å²) >= 11 is 1.71. The lowest BCUT2D eigenvalue weighted by Crippen LogP contribution is -2.31. The van der Waals surface area contributed by atoms with Crippen LogP contribution in [0.1, 0.15) is 41.1 Å². The van der Waals surface area contributed by atoms with Gasteiger partial charge in [0.1, 0.15) is 11.4 Å². The molecule has 1 unspecified atom stereocenters. The van der Waals surface area contributed by atoms with Gasteiger partial charge in [-0.3, -0.25) is 4.79 Å². The predicted octanol–water partition coefficient (Wildman–Crippen LogP) is 4.96. The summed E-state index contributed by atoms with van der Waals surface area (Å²) in [6.45, 7) is 0. The fourth-order valence-electron chi connectivity index (χ4n) is 4.22. The Bertz CT molecular complexity index is 1040. The van der Waals surface area contributed by atoms with Gasteiger partial charge in [0, 0.05) is 21.6 Å². The number of furan rings is 1. The average molecular weight is 381 g/mol. The number of aryl methyl sites for hydroxylation is 2. The molecule has 27 heavy (non-hydrogen) atoms. The minimum atomic E-state index is -0.259. The highest BCUT2D eigenvalue weighted by molar-refractivity contribution is 7.99. The van der Waals surface area contributed by atoms with Gasteiger partial charge in [-0.05, 0) is 72.7 Å². The molecule has 5 rings (SSSR count). The summed E-state index contributed by atoms with van der Waals surface area (Å²) in [6, 6.07) is 9.00. The molecule has 2 aliphatic rings. The SMILES string of the molecule is O=C(Cc1coc2cc3c(cc12)CCC3)NC1CCSc2ccc(F)cc21. The standard InChI is InChI=1S/C22H20FNO2S/c23-16-4-5-21-18(11-16)19(6-7-27-21)24-22(25)10-15-12-26-20-9-14-3-1-2-13(14)8-17(15)20/h4-5,8-9,11-12,19H,1-3,6-7,10H2,(H,24,25). The van der Waals surface area contributed by atoms with Crippen LogP contribution in [0.3, 0.4) is 0 Å². The van der Waals surface area contributed by atoms with E-state index in [4.69, 9.17) is 4.42 Å². The Hall–Kier alpha value is -2.27. The highest BCUT2D eigenvalue weighted by Crippen LogP contribution is 2.36. The maximum absolute atomic E-state index is 13.7. The molecule has 138 valence electrons. The molecular weight excluding hydrogens is 361 g/mol. The van der Waals surface area contributed by atoms with Gasteiger partial charge in [0.2, 0.25) is 5.91 Å². The van der Waals surface area contributed by atoms with Crippen LogP contribution in [-0.4, -0.2) is 11.7 Å². The lowest BCUT2D eigenvalue weighted by Gasteiger charge is -2.26. The number of fused-ring (bicyclic) bond motifs is 3. The number of thioether (sulfide) groups is 1. The van der Waals surface area contributed by atoms with Crippen LogP contribution in [0.5, 0.6) is 0 Å². The van der Waals surface area contributed by atoms with E-state index in [-0.39, 0.29) is 24.2 Å². The van der Waals surface area contributed by atoms with Crippen molar-refractivity contribution in [2.45, 2.75) is 43.0 Å². The first kappa shape index (κ1) is 16.9. The fourth-order valence-corrected chi connectivity index (χ4v) is 5.32. The van der Waals surface area contributed by atoms with Crippen LogP contribution in [0.15, 0.2) is 45.9 Å². The number of amides is 1. The predicted molar refractivity (Wildman–Crippen MR) is 105 cm³/mol. The molecule has 1 aliphatic carbocycles. The van der Waals surface area contributed by atoms with Crippen molar-refractivity contribution in [3.05, 3.63) is 64.7 Å². The Morgan fingerprint density at radius 3 is 2.96 bits per heavy atom. The summed E-state index contributed by atoms with van der Waals surface area (Å²) in [5, 5.41) is 4.14. The maximum atomic E-state index is 13.7. The first-order valence-corrected chi connectivity index (χ1v) is 10.4. The Morgan fingerprint density at radius 1 is 1.22 bits per heavy atom. The quantitative estimate of drug-likeness (QED) is 0.697. The van der Waals surface area contributed by atoms with Crippen molar-refractivity contribution in [3.8, 4) is 0 Å². The monoisotopic (exact) mass is 381 g/mol. The number of carbonyl (C=O) groups excluding carboxylic acids is 1. The summed E-state index contributed by atoms with van der Waals surface area (Å²) in [5.74, 6) is 0.611. The molecule has 0 saturated carbocycles. The smallest absolute Gasteiger partial charge is 0.225 e. The third-order valence-electron chi connectivity index (χ3n) is 5.57. The lowest BCUT2D eigenvalue weighted by atomic mass is 10.0. The van der Waals surface area contributed by atoms with Crippen LogP contribution in [0, 0.1) is 5.82 Å². The zero-order valence-electron chi connectivity index (χ0n) is 14.9. The molecule has 0 fully saturated rings. The van der Waals surface area contributed by atoms with E-state index in [2.05, 4.69) is 17.4 Å². The van der Waals surface area contributed by atoms with Crippen molar-refractivity contribution >= 4 is 28.6 Å². The van der Waals surface area contributed by atoms with Crippen LogP contribution in [-0.2, 0) is 24.1 Å². The van der Waals surface area contributed by atoms with Gasteiger partial charge in [0.15, 0.2) is 0 Å². The number of rotatable bonds is 3. The highest BCUT2D eigenvalue weighted by Gasteiger charge is 2.24. The molecule has 3 aromatic rings. The number of hydrogen-bond donors (Lipinski definition) is 1. The number of nitrogens with one attached hydrogen (secondary N) is 1. The summed E-state index contributed by atoms with van der Waals surface area (Å²) in [6.07, 6.45) is 6.19. The highest BCUT2D eigenvalue weighted by atomic mass is 32.2. The van der Waals surface area contributed by atoms with Crippen molar-refractivity contribution < 1.29 is 13.6 Å². The van der Waals surface area contributed by atoms with E-state index in [1.165, 1.54) is 23.6 Å². The van der Waals surface area contributed by atoms with Gasteiger partial charge >= 0.3 is 0 Å². The van der Waals surface area contributed by atoms with Gasteiger partial charge in [0.25, 0.3) is 0 Å². The molecule has 1 amide bonds. The van der Waals surface area contributed by atoms with Gasteiger partial charge in [-0.15, -0.1) is 11.8 Å².